The van der Waals surface area contributed by atoms with Gasteiger partial charge in [0.1, 0.15) is 0 Å². The molecule has 0 fully saturated rings. The summed E-state index contributed by atoms with van der Waals surface area (Å²) < 4.78 is 5.08. The molecule has 1 aromatic heterocycles. The van der Waals surface area contributed by atoms with Crippen LogP contribution in [0.3, 0.4) is 0 Å². The van der Waals surface area contributed by atoms with Gasteiger partial charge in [-0.3, -0.25) is 0 Å². The van der Waals surface area contributed by atoms with Crippen LogP contribution in [0.15, 0.2) is 0 Å². The van der Waals surface area contributed by atoms with Crippen molar-refractivity contribution in [3.63, 3.8) is 0 Å². The summed E-state index contributed by atoms with van der Waals surface area (Å²) in [5.41, 5.74) is 1.13. The van der Waals surface area contributed by atoms with Gasteiger partial charge in [-0.15, -0.1) is 11.3 Å². The minimum absolute atomic E-state index is 0.377. The van der Waals surface area contributed by atoms with Crippen LogP contribution in [0.25, 0.3) is 0 Å². The van der Waals surface area contributed by atoms with Crippen LogP contribution >= 0.6 is 11.3 Å². The molecule has 4 nitrogen and oxygen atoms in total. The van der Waals surface area contributed by atoms with Gasteiger partial charge >= 0.3 is 0 Å². The number of nitrogens with one attached hydrogen (secondary N) is 1. The Morgan fingerprint density at radius 3 is 2.82 bits per heavy atom. The summed E-state index contributed by atoms with van der Waals surface area (Å²) in [6.07, 6.45) is 0. The lowest BCUT2D eigenvalue weighted by Gasteiger charge is -2.14. The Labute approximate surface area is 108 Å². The number of anilines is 1. The second kappa shape index (κ2) is 6.93. The lowest BCUT2D eigenvalue weighted by atomic mass is 10.2. The molecule has 0 saturated carbocycles. The van der Waals surface area contributed by atoms with Crippen LogP contribution in [0.4, 0.5) is 5.13 Å². The van der Waals surface area contributed by atoms with Crippen molar-refractivity contribution in [3.8, 4) is 0 Å². The van der Waals surface area contributed by atoms with E-state index in [9.17, 15) is 0 Å². The van der Waals surface area contributed by atoms with Gasteiger partial charge in [0.15, 0.2) is 5.13 Å². The van der Waals surface area contributed by atoms with Gasteiger partial charge < -0.3 is 15.0 Å². The van der Waals surface area contributed by atoms with E-state index in [0.29, 0.717) is 6.04 Å². The Bertz CT molecular complexity index is 340. The first-order chi connectivity index (χ1) is 8.10. The van der Waals surface area contributed by atoms with Crippen LogP contribution in [0, 0.1) is 6.92 Å². The quantitative estimate of drug-likeness (QED) is 0.812. The highest BCUT2D eigenvalue weighted by atomic mass is 32.1. The van der Waals surface area contributed by atoms with Crippen molar-refractivity contribution in [2.24, 2.45) is 0 Å². The molecule has 0 spiro atoms. The maximum atomic E-state index is 5.08. The van der Waals surface area contributed by atoms with Gasteiger partial charge in [-0.2, -0.15) is 0 Å². The van der Waals surface area contributed by atoms with Crippen LogP contribution in [-0.2, 0) is 4.74 Å². The highest BCUT2D eigenvalue weighted by Gasteiger charge is 2.15. The van der Waals surface area contributed by atoms with E-state index in [0.717, 1.165) is 30.5 Å². The highest BCUT2D eigenvalue weighted by Crippen LogP contribution is 2.29. The summed E-state index contributed by atoms with van der Waals surface area (Å²) in [5, 5.41) is 4.49. The average molecular weight is 257 g/mol. The molecule has 1 aromatic rings. The van der Waals surface area contributed by atoms with E-state index in [-0.39, 0.29) is 0 Å². The Morgan fingerprint density at radius 2 is 2.24 bits per heavy atom. The van der Waals surface area contributed by atoms with Gasteiger partial charge in [0, 0.05) is 31.6 Å². The molecule has 17 heavy (non-hydrogen) atoms. The molecule has 5 heteroatoms. The molecule has 0 amide bonds. The SMILES string of the molecule is CCNC(C)c1sc(N(C)CCOC)nc1C. The fourth-order valence-corrected chi connectivity index (χ4v) is 2.76. The number of methoxy groups -OCH3 is 1. The number of aromatic nitrogens is 1. The van der Waals surface area contributed by atoms with Gasteiger partial charge in [0.05, 0.1) is 12.3 Å². The van der Waals surface area contributed by atoms with E-state index in [1.165, 1.54) is 4.88 Å². The van der Waals surface area contributed by atoms with E-state index < -0.39 is 0 Å². The van der Waals surface area contributed by atoms with Crippen LogP contribution in [0.5, 0.6) is 0 Å². The van der Waals surface area contributed by atoms with E-state index in [4.69, 9.17) is 4.74 Å². The fourth-order valence-electron chi connectivity index (χ4n) is 1.68. The number of thiazole rings is 1. The smallest absolute Gasteiger partial charge is 0.185 e. The highest BCUT2D eigenvalue weighted by molar-refractivity contribution is 7.15. The maximum absolute atomic E-state index is 5.08. The third-order valence-corrected chi connectivity index (χ3v) is 4.14. The van der Waals surface area contributed by atoms with Crippen molar-refractivity contribution < 1.29 is 4.74 Å². The third kappa shape index (κ3) is 3.94. The Hall–Kier alpha value is -0.650. The molecule has 1 unspecified atom stereocenters. The zero-order chi connectivity index (χ0) is 12.8. The number of nitrogens with zero attached hydrogens (tertiary/aromatic N) is 2. The number of hydrogen-bond donors (Lipinski definition) is 1. The van der Waals surface area contributed by atoms with E-state index in [1.807, 2.05) is 0 Å². The number of ether oxygens (including phenoxy) is 1. The Morgan fingerprint density at radius 1 is 1.53 bits per heavy atom. The molecule has 1 rings (SSSR count). The molecule has 0 aromatic carbocycles. The average Bonchev–Trinajstić information content (AvgIpc) is 2.68. The summed E-state index contributed by atoms with van der Waals surface area (Å²) in [4.78, 5) is 8.08. The van der Waals surface area contributed by atoms with Crippen LogP contribution in [0.2, 0.25) is 0 Å². The van der Waals surface area contributed by atoms with E-state index in [2.05, 4.69) is 43.0 Å². The van der Waals surface area contributed by atoms with Crippen molar-refractivity contribution in [3.05, 3.63) is 10.6 Å². The monoisotopic (exact) mass is 257 g/mol. The van der Waals surface area contributed by atoms with Gasteiger partial charge in [-0.25, -0.2) is 4.98 Å². The summed E-state index contributed by atoms with van der Waals surface area (Å²) in [6, 6.07) is 0.377. The molecule has 0 aliphatic carbocycles. The summed E-state index contributed by atoms with van der Waals surface area (Å²) in [5.74, 6) is 0. The predicted molar refractivity (Wildman–Crippen MR) is 74.1 cm³/mol. The molecule has 0 radical (unpaired) electrons. The van der Waals surface area contributed by atoms with Crippen molar-refractivity contribution in [1.82, 2.24) is 10.3 Å². The summed E-state index contributed by atoms with van der Waals surface area (Å²) >= 11 is 1.76. The Balaban J connectivity index is 2.73. The maximum Gasteiger partial charge on any atom is 0.185 e. The van der Waals surface area contributed by atoms with Crippen LogP contribution < -0.4 is 10.2 Å². The van der Waals surface area contributed by atoms with Gasteiger partial charge in [0.2, 0.25) is 0 Å². The zero-order valence-electron chi connectivity index (χ0n) is 11.4. The Kier molecular flexibility index (Phi) is 5.88. The van der Waals surface area contributed by atoms with E-state index >= 15 is 0 Å². The third-order valence-electron chi connectivity index (χ3n) is 2.68. The lowest BCUT2D eigenvalue weighted by molar-refractivity contribution is 0.206. The van der Waals surface area contributed by atoms with Crippen molar-refractivity contribution in [2.75, 3.05) is 38.8 Å². The number of likely N-dealkylation sites (N-methyl/N-ethyl adjacent to an activating group) is 1. The first-order valence-corrected chi connectivity index (χ1v) is 6.82. The molecule has 0 aliphatic rings. The largest absolute Gasteiger partial charge is 0.383 e. The van der Waals surface area contributed by atoms with Crippen LogP contribution in [-0.4, -0.2) is 38.8 Å². The van der Waals surface area contributed by atoms with Gasteiger partial charge in [0.25, 0.3) is 0 Å². The first kappa shape index (κ1) is 14.4. The fraction of sp³-hybridized carbons (Fsp3) is 0.750. The lowest BCUT2D eigenvalue weighted by Crippen LogP contribution is -2.21. The second-order valence-electron chi connectivity index (χ2n) is 4.14. The molecular formula is C12H23N3OS. The molecular weight excluding hydrogens is 234 g/mol. The minimum Gasteiger partial charge on any atom is -0.383 e. The van der Waals surface area contributed by atoms with Crippen molar-refractivity contribution >= 4 is 16.5 Å². The second-order valence-corrected chi connectivity index (χ2v) is 5.15. The minimum atomic E-state index is 0.377. The normalized spacial score (nSPS) is 12.8. The van der Waals surface area contributed by atoms with Gasteiger partial charge in [-0.1, -0.05) is 6.92 Å². The number of hydrogen-bond acceptors (Lipinski definition) is 5. The topological polar surface area (TPSA) is 37.4 Å². The zero-order valence-corrected chi connectivity index (χ0v) is 12.2. The summed E-state index contributed by atoms with van der Waals surface area (Å²) in [7, 11) is 3.78. The van der Waals surface area contributed by atoms with Gasteiger partial charge in [-0.05, 0) is 20.4 Å². The standard InChI is InChI=1S/C12H23N3OS/c1-6-13-9(2)11-10(3)14-12(17-11)15(4)7-8-16-5/h9,13H,6-8H2,1-5H3. The molecule has 98 valence electrons. The van der Waals surface area contributed by atoms with E-state index in [1.54, 1.807) is 18.4 Å². The van der Waals surface area contributed by atoms with Crippen molar-refractivity contribution in [1.29, 1.82) is 0 Å². The molecule has 1 heterocycles. The molecule has 1 atom stereocenters. The predicted octanol–water partition coefficient (Wildman–Crippen LogP) is 2.20. The summed E-state index contributed by atoms with van der Waals surface area (Å²) in [6.45, 7) is 8.97. The van der Waals surface area contributed by atoms with Crippen LogP contribution in [0.1, 0.15) is 30.5 Å². The number of aryl methyl sites for hydroxylation is 1. The van der Waals surface area contributed by atoms with Crippen molar-refractivity contribution in [2.45, 2.75) is 26.8 Å². The molecule has 0 bridgehead atoms. The molecule has 1 N–H and O–H groups in total. The molecule has 0 saturated heterocycles. The first-order valence-electron chi connectivity index (χ1n) is 6.00. The number of rotatable bonds is 7. The molecule has 0 aliphatic heterocycles.